The summed E-state index contributed by atoms with van der Waals surface area (Å²) in [5.74, 6) is 0.680. The Morgan fingerprint density at radius 2 is 1.88 bits per heavy atom. The molecule has 0 N–H and O–H groups in total. The molecule has 1 unspecified atom stereocenters. The number of nitrogens with zero attached hydrogens (tertiary/aromatic N) is 5. The van der Waals surface area contributed by atoms with Crippen molar-refractivity contribution >= 4 is 17.5 Å². The van der Waals surface area contributed by atoms with Gasteiger partial charge < -0.3 is 14.5 Å². The van der Waals surface area contributed by atoms with E-state index in [0.717, 1.165) is 29.9 Å². The Morgan fingerprint density at radius 1 is 1.15 bits per heavy atom. The molecule has 1 aromatic heterocycles. The molecule has 4 rings (SSSR count). The Labute approximate surface area is 200 Å². The predicted molar refractivity (Wildman–Crippen MR) is 129 cm³/mol. The summed E-state index contributed by atoms with van der Waals surface area (Å²) < 4.78 is 8.30. The van der Waals surface area contributed by atoms with E-state index in [2.05, 4.69) is 5.10 Å². The lowest BCUT2D eigenvalue weighted by molar-refractivity contribution is -0.136. The Morgan fingerprint density at radius 3 is 2.53 bits per heavy atom. The Balaban J connectivity index is 1.39. The summed E-state index contributed by atoms with van der Waals surface area (Å²) in [7, 11) is 1.61. The number of aromatic nitrogens is 3. The van der Waals surface area contributed by atoms with E-state index in [9.17, 15) is 14.4 Å². The fraction of sp³-hybridized carbons (Fsp3) is 0.600. The van der Waals surface area contributed by atoms with Gasteiger partial charge in [0.15, 0.2) is 0 Å². The third kappa shape index (κ3) is 4.66. The molecule has 9 heteroatoms. The Kier molecular flexibility index (Phi) is 7.21. The number of hydrogen-bond acceptors (Lipinski definition) is 5. The number of aryl methyl sites for hydroxylation is 2. The lowest BCUT2D eigenvalue weighted by Gasteiger charge is -2.33. The van der Waals surface area contributed by atoms with Crippen molar-refractivity contribution in [1.29, 1.82) is 0 Å². The van der Waals surface area contributed by atoms with Gasteiger partial charge in [-0.3, -0.25) is 14.2 Å². The number of likely N-dealkylation sites (tertiary alicyclic amines) is 1. The van der Waals surface area contributed by atoms with Gasteiger partial charge in [0.05, 0.1) is 19.1 Å². The third-order valence-corrected chi connectivity index (χ3v) is 7.22. The quantitative estimate of drug-likeness (QED) is 0.620. The van der Waals surface area contributed by atoms with Crippen LogP contribution >= 0.6 is 0 Å². The first-order chi connectivity index (χ1) is 16.3. The number of amides is 2. The largest absolute Gasteiger partial charge is 0.383 e. The zero-order chi connectivity index (χ0) is 24.4. The van der Waals surface area contributed by atoms with Crippen LogP contribution in [0.1, 0.15) is 49.1 Å². The normalized spacial score (nSPS) is 19.3. The van der Waals surface area contributed by atoms with Gasteiger partial charge >= 0.3 is 5.69 Å². The second-order valence-corrected chi connectivity index (χ2v) is 9.37. The minimum absolute atomic E-state index is 0.00468. The number of piperidine rings is 1. The summed E-state index contributed by atoms with van der Waals surface area (Å²) in [5, 5.41) is 4.59. The van der Waals surface area contributed by atoms with Crippen LogP contribution in [0, 0.1) is 19.8 Å². The molecule has 0 aliphatic carbocycles. The van der Waals surface area contributed by atoms with E-state index in [1.807, 2.05) is 43.9 Å². The summed E-state index contributed by atoms with van der Waals surface area (Å²) in [6.45, 7) is 9.12. The molecule has 1 aromatic carbocycles. The van der Waals surface area contributed by atoms with Gasteiger partial charge in [-0.2, -0.15) is 5.10 Å². The number of carbonyl (C=O) groups excluding carboxylic acids is 2. The minimum atomic E-state index is -0.312. The van der Waals surface area contributed by atoms with Gasteiger partial charge in [0, 0.05) is 51.3 Å². The number of ether oxygens (including phenoxy) is 1. The number of carbonyl (C=O) groups is 2. The summed E-state index contributed by atoms with van der Waals surface area (Å²) in [6.07, 6.45) is 1.77. The van der Waals surface area contributed by atoms with Gasteiger partial charge in [-0.25, -0.2) is 9.48 Å². The van der Waals surface area contributed by atoms with Crippen molar-refractivity contribution in [2.75, 3.05) is 38.3 Å². The number of hydrogen-bond donors (Lipinski definition) is 0. The van der Waals surface area contributed by atoms with E-state index < -0.39 is 0 Å². The molecule has 34 heavy (non-hydrogen) atoms. The molecular formula is C25H35N5O4. The van der Waals surface area contributed by atoms with E-state index in [1.165, 1.54) is 10.2 Å². The fourth-order valence-electron chi connectivity index (χ4n) is 5.01. The lowest BCUT2D eigenvalue weighted by atomic mass is 9.94. The highest BCUT2D eigenvalue weighted by atomic mass is 16.5. The van der Waals surface area contributed by atoms with Crippen LogP contribution < -0.4 is 10.6 Å². The van der Waals surface area contributed by atoms with Gasteiger partial charge in [0.25, 0.3) is 0 Å². The van der Waals surface area contributed by atoms with Crippen LogP contribution in [0.3, 0.4) is 0 Å². The molecule has 2 amide bonds. The van der Waals surface area contributed by atoms with Gasteiger partial charge in [-0.15, -0.1) is 0 Å². The summed E-state index contributed by atoms with van der Waals surface area (Å²) in [4.78, 5) is 42.2. The van der Waals surface area contributed by atoms with Crippen LogP contribution in [0.2, 0.25) is 0 Å². The second-order valence-electron chi connectivity index (χ2n) is 9.37. The number of rotatable bonds is 7. The van der Waals surface area contributed by atoms with Crippen LogP contribution in [0.25, 0.3) is 0 Å². The Bertz CT molecular complexity index is 1110. The smallest absolute Gasteiger partial charge is 0.345 e. The second kappa shape index (κ2) is 10.1. The highest BCUT2D eigenvalue weighted by Gasteiger charge is 2.38. The molecular weight excluding hydrogens is 434 g/mol. The number of methoxy groups -OCH3 is 1. The summed E-state index contributed by atoms with van der Waals surface area (Å²) in [6, 6.07) is 5.99. The molecule has 0 saturated carbocycles. The average molecular weight is 470 g/mol. The molecule has 0 spiro atoms. The van der Waals surface area contributed by atoms with Crippen LogP contribution in [0.15, 0.2) is 23.0 Å². The van der Waals surface area contributed by atoms with Crippen LogP contribution in [0.5, 0.6) is 0 Å². The standard InChI is InChI=1S/C25H35N5O4/c1-5-28-23(26-30(25(28)33)12-13-34-4)19-8-10-27(11-9-19)24(32)20-15-22(31)29(16-20)21-7-6-17(2)18(3)14-21/h6-7,14,19-20H,5,8-13,15-16H2,1-4H3. The summed E-state index contributed by atoms with van der Waals surface area (Å²) in [5.41, 5.74) is 3.08. The van der Waals surface area contributed by atoms with Gasteiger partial charge in [0.1, 0.15) is 5.82 Å². The van der Waals surface area contributed by atoms with Crippen LogP contribution in [-0.4, -0.2) is 64.4 Å². The molecule has 2 aromatic rings. The van der Waals surface area contributed by atoms with Gasteiger partial charge in [-0.1, -0.05) is 6.07 Å². The molecule has 3 heterocycles. The lowest BCUT2D eigenvalue weighted by Crippen LogP contribution is -2.42. The zero-order valence-electron chi connectivity index (χ0n) is 20.6. The Hall–Kier alpha value is -2.94. The maximum atomic E-state index is 13.2. The highest BCUT2D eigenvalue weighted by molar-refractivity contribution is 6.00. The molecule has 0 radical (unpaired) electrons. The SMILES string of the molecule is CCn1c(C2CCN(C(=O)C3CC(=O)N(c4ccc(C)c(C)c4)C3)CC2)nn(CCOC)c1=O. The third-order valence-electron chi connectivity index (χ3n) is 7.22. The van der Waals surface area contributed by atoms with E-state index in [0.29, 0.717) is 39.3 Å². The molecule has 2 aliphatic heterocycles. The van der Waals surface area contributed by atoms with E-state index in [4.69, 9.17) is 4.74 Å². The van der Waals surface area contributed by atoms with Crippen LogP contribution in [0.4, 0.5) is 5.69 Å². The molecule has 2 saturated heterocycles. The van der Waals surface area contributed by atoms with E-state index in [1.54, 1.807) is 16.6 Å². The molecule has 9 nitrogen and oxygen atoms in total. The highest BCUT2D eigenvalue weighted by Crippen LogP contribution is 2.31. The zero-order valence-corrected chi connectivity index (χ0v) is 20.6. The molecule has 2 aliphatic rings. The van der Waals surface area contributed by atoms with Crippen molar-refractivity contribution in [2.24, 2.45) is 5.92 Å². The number of anilines is 1. The molecule has 2 fully saturated rings. The molecule has 0 bridgehead atoms. The van der Waals surface area contributed by atoms with E-state index in [-0.39, 0.29) is 35.8 Å². The maximum absolute atomic E-state index is 13.2. The van der Waals surface area contributed by atoms with Crippen molar-refractivity contribution in [3.05, 3.63) is 45.6 Å². The van der Waals surface area contributed by atoms with Gasteiger partial charge in [-0.05, 0) is 56.9 Å². The maximum Gasteiger partial charge on any atom is 0.345 e. The first-order valence-electron chi connectivity index (χ1n) is 12.2. The van der Waals surface area contributed by atoms with Gasteiger partial charge in [0.2, 0.25) is 11.8 Å². The molecule has 184 valence electrons. The van der Waals surface area contributed by atoms with E-state index >= 15 is 0 Å². The van der Waals surface area contributed by atoms with Crippen molar-refractivity contribution in [1.82, 2.24) is 19.2 Å². The topological polar surface area (TPSA) is 89.7 Å². The van der Waals surface area contributed by atoms with Crippen molar-refractivity contribution in [3.63, 3.8) is 0 Å². The first kappa shape index (κ1) is 24.2. The molecule has 1 atom stereocenters. The van der Waals surface area contributed by atoms with Crippen LogP contribution in [-0.2, 0) is 27.4 Å². The monoisotopic (exact) mass is 469 g/mol. The minimum Gasteiger partial charge on any atom is -0.383 e. The number of benzene rings is 1. The fourth-order valence-corrected chi connectivity index (χ4v) is 5.01. The average Bonchev–Trinajstić information content (AvgIpc) is 3.38. The van der Waals surface area contributed by atoms with Crippen molar-refractivity contribution in [3.8, 4) is 0 Å². The summed E-state index contributed by atoms with van der Waals surface area (Å²) >= 11 is 0. The first-order valence-corrected chi connectivity index (χ1v) is 12.2. The van der Waals surface area contributed by atoms with Crippen molar-refractivity contribution in [2.45, 2.75) is 59.0 Å². The van der Waals surface area contributed by atoms with Crippen molar-refractivity contribution < 1.29 is 14.3 Å². The predicted octanol–water partition coefficient (Wildman–Crippen LogP) is 2.09.